The number of carbonyl (C=O) groups is 2. The predicted molar refractivity (Wildman–Crippen MR) is 133 cm³/mol. The van der Waals surface area contributed by atoms with Crippen molar-refractivity contribution in [2.75, 3.05) is 23.7 Å². The van der Waals surface area contributed by atoms with Crippen molar-refractivity contribution in [3.05, 3.63) is 53.3 Å². The van der Waals surface area contributed by atoms with Gasteiger partial charge in [0.1, 0.15) is 5.60 Å². The molecule has 2 aliphatic heterocycles. The van der Waals surface area contributed by atoms with E-state index in [9.17, 15) is 31.9 Å². The summed E-state index contributed by atoms with van der Waals surface area (Å²) in [6.07, 6.45) is 0.310. The monoisotopic (exact) mass is 542 g/mol. The molecule has 2 heterocycles. The smallest absolute Gasteiger partial charge is 0.410 e. The Morgan fingerprint density at radius 1 is 1.08 bits per heavy atom. The summed E-state index contributed by atoms with van der Waals surface area (Å²) in [6.45, 7) is 6.30. The van der Waals surface area contributed by atoms with Gasteiger partial charge in [0.05, 0.1) is 16.7 Å². The summed E-state index contributed by atoms with van der Waals surface area (Å²) >= 11 is 0. The summed E-state index contributed by atoms with van der Waals surface area (Å²) in [6, 6.07) is 5.47. The lowest BCUT2D eigenvalue weighted by Crippen LogP contribution is -2.51. The van der Waals surface area contributed by atoms with Crippen LogP contribution in [0, 0.1) is 23.4 Å². The molecule has 202 valence electrons. The third kappa shape index (κ3) is 6.12. The van der Waals surface area contributed by atoms with E-state index in [4.69, 9.17) is 4.74 Å². The van der Waals surface area contributed by atoms with Crippen LogP contribution >= 0.6 is 10.8 Å². The topological polar surface area (TPSA) is 123 Å². The van der Waals surface area contributed by atoms with Crippen LogP contribution in [0.15, 0.2) is 35.2 Å². The molecule has 37 heavy (non-hydrogen) atoms. The van der Waals surface area contributed by atoms with Crippen molar-refractivity contribution in [3.63, 3.8) is 0 Å². The van der Waals surface area contributed by atoms with Crippen molar-refractivity contribution in [1.29, 1.82) is 0 Å². The second kappa shape index (κ2) is 10.0. The average Bonchev–Trinajstić information content (AvgIpc) is 2.81. The number of amides is 2. The van der Waals surface area contributed by atoms with Crippen LogP contribution in [-0.4, -0.2) is 50.9 Å². The molecular weight excluding hydrogens is 513 g/mol. The van der Waals surface area contributed by atoms with Gasteiger partial charge in [0.25, 0.3) is 5.91 Å². The minimum atomic E-state index is -3.51. The lowest BCUT2D eigenvalue weighted by molar-refractivity contribution is 0.0174. The van der Waals surface area contributed by atoms with E-state index >= 15 is 0 Å². The Balaban J connectivity index is 1.43. The normalized spacial score (nSPS) is 20.4. The molecule has 1 fully saturated rings. The second-order valence-corrected chi connectivity index (χ2v) is 11.8. The maximum Gasteiger partial charge on any atom is 0.410 e. The Morgan fingerprint density at radius 2 is 1.70 bits per heavy atom. The molecule has 9 nitrogen and oxygen atoms in total. The van der Waals surface area contributed by atoms with Gasteiger partial charge in [-0.15, -0.1) is 10.8 Å². The number of carbonyl (C=O) groups excluding carboxylic acids is 2. The van der Waals surface area contributed by atoms with Crippen LogP contribution in [0.1, 0.15) is 44.0 Å². The van der Waals surface area contributed by atoms with Crippen LogP contribution in [0.2, 0.25) is 0 Å². The van der Waals surface area contributed by atoms with E-state index in [1.807, 2.05) is 0 Å². The number of hydrogen-bond acceptors (Lipinski definition) is 7. The number of benzene rings is 2. The summed E-state index contributed by atoms with van der Waals surface area (Å²) in [4.78, 5) is 26.6. The molecule has 13 heteroatoms. The molecule has 2 aromatic carbocycles. The molecule has 2 aliphatic rings. The van der Waals surface area contributed by atoms with Crippen molar-refractivity contribution in [2.24, 2.45) is 5.92 Å². The summed E-state index contributed by atoms with van der Waals surface area (Å²) < 4.78 is 70.0. The van der Waals surface area contributed by atoms with Crippen LogP contribution < -0.4 is 15.4 Å². The van der Waals surface area contributed by atoms with Crippen molar-refractivity contribution < 1.29 is 36.6 Å². The minimum absolute atomic E-state index is 0.00316. The van der Waals surface area contributed by atoms with E-state index in [1.165, 1.54) is 18.2 Å². The van der Waals surface area contributed by atoms with E-state index in [2.05, 4.69) is 15.4 Å². The van der Waals surface area contributed by atoms with Crippen LogP contribution in [0.5, 0.6) is 0 Å². The highest BCUT2D eigenvalue weighted by molar-refractivity contribution is 8.22. The number of nitrogens with zero attached hydrogens (tertiary/aromatic N) is 1. The van der Waals surface area contributed by atoms with Crippen molar-refractivity contribution in [3.8, 4) is 0 Å². The number of likely N-dealkylation sites (tertiary alicyclic amines) is 1. The number of piperidine rings is 1. The first-order valence-electron chi connectivity index (χ1n) is 11.6. The molecular formula is C24H29F3N4O5S. The molecule has 1 atom stereocenters. The molecule has 0 saturated carbocycles. The molecule has 1 unspecified atom stereocenters. The van der Waals surface area contributed by atoms with Gasteiger partial charge in [-0.25, -0.2) is 18.0 Å². The van der Waals surface area contributed by atoms with Crippen molar-refractivity contribution >= 4 is 34.2 Å². The number of anilines is 2. The van der Waals surface area contributed by atoms with Crippen LogP contribution in [0.25, 0.3) is 0 Å². The quantitative estimate of drug-likeness (QED) is 0.331. The lowest BCUT2D eigenvalue weighted by Gasteiger charge is -2.47. The third-order valence-corrected chi connectivity index (χ3v) is 7.59. The van der Waals surface area contributed by atoms with E-state index in [0.717, 1.165) is 0 Å². The van der Waals surface area contributed by atoms with E-state index in [-0.39, 0.29) is 28.2 Å². The second-order valence-electron chi connectivity index (χ2n) is 10.0. The van der Waals surface area contributed by atoms with Gasteiger partial charge in [-0.1, -0.05) is 0 Å². The van der Waals surface area contributed by atoms with Gasteiger partial charge >= 0.3 is 6.09 Å². The Kier molecular flexibility index (Phi) is 7.34. The zero-order valence-corrected chi connectivity index (χ0v) is 21.3. The summed E-state index contributed by atoms with van der Waals surface area (Å²) in [5.41, 5.74) is -0.479. The summed E-state index contributed by atoms with van der Waals surface area (Å²) in [7, 11) is -3.51. The Bertz CT molecular complexity index is 1190. The summed E-state index contributed by atoms with van der Waals surface area (Å²) in [5, 5.41) is 5.49. The number of nitrogens with one attached hydrogen (secondary N) is 3. The van der Waals surface area contributed by atoms with Gasteiger partial charge < -0.3 is 20.3 Å². The van der Waals surface area contributed by atoms with E-state index in [0.29, 0.717) is 43.8 Å². The molecule has 2 aromatic rings. The highest BCUT2D eigenvalue weighted by Gasteiger charge is 2.37. The Hall–Kier alpha value is -3.00. The number of halogens is 3. The first-order chi connectivity index (χ1) is 17.2. The van der Waals surface area contributed by atoms with Gasteiger partial charge in [0.2, 0.25) is 0 Å². The lowest BCUT2D eigenvalue weighted by atomic mass is 9.94. The van der Waals surface area contributed by atoms with Gasteiger partial charge in [-0.3, -0.25) is 13.9 Å². The molecule has 0 aliphatic carbocycles. The highest BCUT2D eigenvalue weighted by Crippen LogP contribution is 2.52. The average molecular weight is 543 g/mol. The largest absolute Gasteiger partial charge is 0.444 e. The molecule has 0 bridgehead atoms. The number of fused-ring (bicyclic) bond motifs is 1. The summed E-state index contributed by atoms with van der Waals surface area (Å²) in [5.74, 6) is -5.36. The fourth-order valence-corrected chi connectivity index (χ4v) is 5.70. The number of hydrogen-bond donors (Lipinski definition) is 5. The first-order valence-corrected chi connectivity index (χ1v) is 13.2. The van der Waals surface area contributed by atoms with Crippen LogP contribution in [0.3, 0.4) is 0 Å². The van der Waals surface area contributed by atoms with Gasteiger partial charge in [0, 0.05) is 36.5 Å². The predicted octanol–water partition coefficient (Wildman–Crippen LogP) is 5.37. The van der Waals surface area contributed by atoms with Crippen LogP contribution in [0.4, 0.5) is 29.3 Å². The van der Waals surface area contributed by atoms with Gasteiger partial charge in [-0.2, -0.15) is 4.72 Å². The third-order valence-electron chi connectivity index (χ3n) is 6.06. The molecule has 0 spiro atoms. The molecule has 5 N–H and O–H groups in total. The molecule has 2 amide bonds. The fraction of sp³-hybridized carbons (Fsp3) is 0.417. The maximum absolute atomic E-state index is 13.5. The van der Waals surface area contributed by atoms with E-state index < -0.39 is 45.9 Å². The number of ether oxygens (including phenoxy) is 1. The highest BCUT2D eigenvalue weighted by atomic mass is 32.3. The van der Waals surface area contributed by atoms with Gasteiger partial charge in [-0.05, 0) is 57.7 Å². The maximum atomic E-state index is 13.5. The number of rotatable bonds is 3. The zero-order valence-electron chi connectivity index (χ0n) is 20.5. The van der Waals surface area contributed by atoms with Crippen LogP contribution in [-0.2, 0) is 4.74 Å². The van der Waals surface area contributed by atoms with E-state index in [1.54, 1.807) is 25.7 Å². The molecule has 0 aromatic heterocycles. The van der Waals surface area contributed by atoms with Crippen molar-refractivity contribution in [1.82, 2.24) is 9.62 Å². The zero-order chi connectivity index (χ0) is 27.1. The van der Waals surface area contributed by atoms with Gasteiger partial charge in [0.15, 0.2) is 17.5 Å². The standard InChI is InChI=1S/C24H29F3N4O5S/c1-24(2,3)36-23(33)31-8-6-13(7-9-31)21-29-18-5-4-14(10-19(18)37(34,35)30-21)22(32)28-15-11-16(25)20(27)17(26)12-15/h4-5,10-13,21,29-30,34-35H,6-9H2,1-3H3,(H,28,32). The first kappa shape index (κ1) is 27.0. The van der Waals surface area contributed by atoms with Crippen molar-refractivity contribution in [2.45, 2.75) is 50.3 Å². The minimum Gasteiger partial charge on any atom is -0.444 e. The molecule has 0 radical (unpaired) electrons. The molecule has 4 rings (SSSR count). The Labute approximate surface area is 213 Å². The molecule has 1 saturated heterocycles. The SMILES string of the molecule is CC(C)(C)OC(=O)N1CCC(C2Nc3ccc(C(=O)Nc4cc(F)c(F)c(F)c4)cc3S(O)(O)N2)CC1. The fourth-order valence-electron chi connectivity index (χ4n) is 4.24. The Morgan fingerprint density at radius 3 is 2.30 bits per heavy atom.